The van der Waals surface area contributed by atoms with Crippen molar-refractivity contribution in [3.63, 3.8) is 0 Å². The molecule has 0 saturated carbocycles. The molecular weight excluding hydrogens is 585 g/mol. The Labute approximate surface area is 230 Å². The summed E-state index contributed by atoms with van der Waals surface area (Å²) in [5.41, 5.74) is -0.471. The number of carbonyl (C=O) groups excluding carboxylic acids is 1. The van der Waals surface area contributed by atoms with Crippen LogP contribution in [0.25, 0.3) is 22.4 Å². The number of aliphatic imine (C=N–C) groups is 1. The van der Waals surface area contributed by atoms with Crippen LogP contribution in [-0.4, -0.2) is 22.1 Å². The predicted octanol–water partition coefficient (Wildman–Crippen LogP) is 0.407. The number of rotatable bonds is 5. The van der Waals surface area contributed by atoms with Crippen LogP contribution in [0.4, 0.5) is 27.6 Å². The first-order valence-corrected chi connectivity index (χ1v) is 9.74. The van der Waals surface area contributed by atoms with Gasteiger partial charge in [-0.25, -0.2) is 31.9 Å². The molecule has 3 aromatic carbocycles. The molecular formula is C25H13Cl2CoF5N2O2. The van der Waals surface area contributed by atoms with E-state index in [0.29, 0.717) is 17.3 Å². The third-order valence-corrected chi connectivity index (χ3v) is 4.90. The summed E-state index contributed by atoms with van der Waals surface area (Å²) in [7, 11) is 0. The molecule has 4 aromatic rings. The number of carbonyl (C=O) groups is 1. The number of hydrogen-bond donors (Lipinski definition) is 1. The molecule has 4 rings (SSSR count). The molecule has 1 aromatic heterocycles. The van der Waals surface area contributed by atoms with Crippen LogP contribution < -0.4 is 24.8 Å². The number of Topliss-reactive ketones (excluding diaryl/α,β-unsaturated/α-hetero) is 1. The molecule has 12 heteroatoms. The fraction of sp³-hybridized carbons (Fsp3) is 0. The van der Waals surface area contributed by atoms with Gasteiger partial charge >= 0.3 is 16.8 Å². The first kappa shape index (κ1) is 31.7. The molecule has 1 heterocycles. The molecule has 0 bridgehead atoms. The molecule has 37 heavy (non-hydrogen) atoms. The van der Waals surface area contributed by atoms with Crippen molar-refractivity contribution in [3.8, 4) is 28.3 Å². The number of halogens is 7. The zero-order valence-corrected chi connectivity index (χ0v) is 20.7. The molecule has 0 amide bonds. The van der Waals surface area contributed by atoms with E-state index < -0.39 is 46.4 Å². The van der Waals surface area contributed by atoms with E-state index in [1.165, 1.54) is 6.07 Å². The summed E-state index contributed by atoms with van der Waals surface area (Å²) in [4.78, 5) is 20.4. The van der Waals surface area contributed by atoms with Crippen molar-refractivity contribution in [2.45, 2.75) is 0 Å². The Morgan fingerprint density at radius 3 is 1.73 bits per heavy atom. The van der Waals surface area contributed by atoms with Gasteiger partial charge in [-0.05, 0) is 11.6 Å². The molecule has 0 aliphatic heterocycles. The molecule has 0 atom stereocenters. The summed E-state index contributed by atoms with van der Waals surface area (Å²) in [6, 6.07) is 18.1. The van der Waals surface area contributed by atoms with Crippen LogP contribution in [0.1, 0.15) is 10.4 Å². The molecule has 0 saturated heterocycles. The Balaban J connectivity index is 0.00000228. The van der Waals surface area contributed by atoms with Crippen LogP contribution in [0, 0.1) is 29.1 Å². The summed E-state index contributed by atoms with van der Waals surface area (Å²) < 4.78 is 68.1. The van der Waals surface area contributed by atoms with Gasteiger partial charge in [0.2, 0.25) is 17.5 Å². The van der Waals surface area contributed by atoms with Crippen LogP contribution in [0.5, 0.6) is 5.88 Å². The third-order valence-electron chi connectivity index (χ3n) is 4.90. The summed E-state index contributed by atoms with van der Waals surface area (Å²) >= 11 is 0. The SMILES string of the molecule is O=C(C=Nc1c(F)c(F)c(F)c(F)c1F)c1cc(-c2ccccc2)nc(O)c1-c1ccccc1.[Cl-].[Cl-].[Co+2]. The second-order valence-corrected chi connectivity index (χ2v) is 7.03. The molecule has 1 N–H and O–H groups in total. The molecule has 1 radical (unpaired) electrons. The van der Waals surface area contributed by atoms with Gasteiger partial charge in [0.1, 0.15) is 5.69 Å². The minimum absolute atomic E-state index is 0. The average molecular weight is 598 g/mol. The van der Waals surface area contributed by atoms with Gasteiger partial charge in [0.25, 0.3) is 0 Å². The van der Waals surface area contributed by atoms with Crippen molar-refractivity contribution >= 4 is 17.7 Å². The Hall–Kier alpha value is -3.31. The van der Waals surface area contributed by atoms with Crippen molar-refractivity contribution in [2.75, 3.05) is 0 Å². The maximum atomic E-state index is 14.0. The van der Waals surface area contributed by atoms with Gasteiger partial charge in [0.15, 0.2) is 23.3 Å². The Bertz CT molecular complexity index is 1410. The molecule has 0 spiro atoms. The van der Waals surface area contributed by atoms with E-state index in [4.69, 9.17) is 0 Å². The standard InChI is InChI=1S/C25H13F5N2O2.2ClH.Co/c26-19-20(27)22(29)24(23(30)21(19)28)31-12-17(33)15-11-16(13-7-3-1-4-8-13)32-25(34)18(15)14-9-5-2-6-10-14;;;/h1-12H,(H,32,34);2*1H;/q;;;+2/p-2. The van der Waals surface area contributed by atoms with E-state index in [2.05, 4.69) is 9.98 Å². The average Bonchev–Trinajstić information content (AvgIpc) is 2.86. The Morgan fingerprint density at radius 1 is 0.757 bits per heavy atom. The van der Waals surface area contributed by atoms with Crippen LogP contribution in [0.15, 0.2) is 71.7 Å². The van der Waals surface area contributed by atoms with Crippen molar-refractivity contribution in [1.29, 1.82) is 0 Å². The van der Waals surface area contributed by atoms with Crippen molar-refractivity contribution in [1.82, 2.24) is 4.98 Å². The molecule has 193 valence electrons. The molecule has 0 aliphatic rings. The van der Waals surface area contributed by atoms with Crippen LogP contribution in [-0.2, 0) is 16.8 Å². The van der Waals surface area contributed by atoms with E-state index in [1.807, 2.05) is 0 Å². The molecule has 4 nitrogen and oxygen atoms in total. The number of aromatic hydroxyl groups is 1. The third kappa shape index (κ3) is 6.34. The van der Waals surface area contributed by atoms with Gasteiger partial charge in [-0.1, -0.05) is 60.7 Å². The number of hydrogen-bond acceptors (Lipinski definition) is 4. The smallest absolute Gasteiger partial charge is 1.00 e. The monoisotopic (exact) mass is 597 g/mol. The fourth-order valence-corrected chi connectivity index (χ4v) is 3.27. The second-order valence-electron chi connectivity index (χ2n) is 7.03. The number of nitrogens with zero attached hydrogens (tertiary/aromatic N) is 2. The fourth-order valence-electron chi connectivity index (χ4n) is 3.27. The Kier molecular flexibility index (Phi) is 11.4. The minimum Gasteiger partial charge on any atom is -1.00 e. The number of aromatic nitrogens is 1. The largest absolute Gasteiger partial charge is 2.00 e. The van der Waals surface area contributed by atoms with E-state index in [0.717, 1.165) is 0 Å². The summed E-state index contributed by atoms with van der Waals surface area (Å²) in [5.74, 6) is -12.5. The number of benzene rings is 3. The summed E-state index contributed by atoms with van der Waals surface area (Å²) in [5, 5.41) is 10.6. The molecule has 0 unspecified atom stereocenters. The topological polar surface area (TPSA) is 62.5 Å². The first-order chi connectivity index (χ1) is 16.3. The summed E-state index contributed by atoms with van der Waals surface area (Å²) in [6.07, 6.45) is 0.425. The van der Waals surface area contributed by atoms with Crippen molar-refractivity contribution in [3.05, 3.63) is 101 Å². The van der Waals surface area contributed by atoms with E-state index in [9.17, 15) is 31.9 Å². The zero-order valence-electron chi connectivity index (χ0n) is 18.2. The van der Waals surface area contributed by atoms with Gasteiger partial charge < -0.3 is 29.9 Å². The van der Waals surface area contributed by atoms with Gasteiger partial charge in [0, 0.05) is 11.1 Å². The Morgan fingerprint density at radius 2 is 1.22 bits per heavy atom. The van der Waals surface area contributed by atoms with E-state index >= 15 is 0 Å². The normalized spacial score (nSPS) is 10.3. The minimum atomic E-state index is -2.34. The van der Waals surface area contributed by atoms with Gasteiger partial charge in [0.05, 0.1) is 17.5 Å². The number of ketones is 1. The predicted molar refractivity (Wildman–Crippen MR) is 115 cm³/mol. The molecule has 0 aliphatic carbocycles. The first-order valence-electron chi connectivity index (χ1n) is 9.74. The maximum Gasteiger partial charge on any atom is 2.00 e. The maximum absolute atomic E-state index is 14.0. The van der Waals surface area contributed by atoms with Crippen molar-refractivity contribution in [2.24, 2.45) is 4.99 Å². The van der Waals surface area contributed by atoms with Crippen LogP contribution in [0.2, 0.25) is 0 Å². The van der Waals surface area contributed by atoms with E-state index in [1.54, 1.807) is 60.7 Å². The van der Waals surface area contributed by atoms with Gasteiger partial charge in [-0.15, -0.1) is 0 Å². The van der Waals surface area contributed by atoms with E-state index in [-0.39, 0.29) is 58.4 Å². The zero-order chi connectivity index (χ0) is 24.4. The van der Waals surface area contributed by atoms with Crippen LogP contribution >= 0.6 is 0 Å². The summed E-state index contributed by atoms with van der Waals surface area (Å²) in [6.45, 7) is 0. The van der Waals surface area contributed by atoms with Gasteiger partial charge in [-0.2, -0.15) is 0 Å². The van der Waals surface area contributed by atoms with Crippen LogP contribution in [0.3, 0.4) is 0 Å². The quantitative estimate of drug-likeness (QED) is 0.119. The number of pyridine rings is 1. The van der Waals surface area contributed by atoms with Crippen molar-refractivity contribution < 1.29 is 73.4 Å². The molecule has 0 fully saturated rings. The second kappa shape index (κ2) is 13.3. The van der Waals surface area contributed by atoms with Gasteiger partial charge in [-0.3, -0.25) is 4.79 Å².